The highest BCUT2D eigenvalue weighted by Crippen LogP contribution is 2.33. The largest absolute Gasteiger partial charge is 0.497 e. The first kappa shape index (κ1) is 25.0. The van der Waals surface area contributed by atoms with E-state index in [0.29, 0.717) is 25.3 Å². The second-order valence-electron chi connectivity index (χ2n) is 9.77. The number of hydrogen-bond acceptors (Lipinski definition) is 4. The summed E-state index contributed by atoms with van der Waals surface area (Å²) in [6.45, 7) is 1.22. The van der Waals surface area contributed by atoms with Gasteiger partial charge in [0.2, 0.25) is 11.8 Å². The normalized spacial score (nSPS) is 18.3. The second kappa shape index (κ2) is 12.0. The Kier molecular flexibility index (Phi) is 8.61. The molecule has 2 aromatic carbocycles. The summed E-state index contributed by atoms with van der Waals surface area (Å²) in [5, 5.41) is 9.34. The molecule has 2 atom stereocenters. The molecule has 35 heavy (non-hydrogen) atoms. The number of benzene rings is 2. The highest BCUT2D eigenvalue weighted by atomic mass is 19.1. The standard InChI is InChI=1S/C28H36FN3O3/c1-35-23-10-7-20(8-11-23)16-27(33)32-26(15-19-5-3-2-4-6-19)28(34)30-14-13-21-18-31-25-12-9-22(29)17-24(21)25/h7-12,17,19,21,26,31H,2-6,13-16,18H2,1H3,(H,30,34)(H,32,33)/t21?,26-/m0/s1. The molecule has 0 bridgehead atoms. The fourth-order valence-electron chi connectivity index (χ4n) is 5.29. The first-order valence-corrected chi connectivity index (χ1v) is 12.7. The van der Waals surface area contributed by atoms with E-state index in [1.807, 2.05) is 24.3 Å². The average molecular weight is 482 g/mol. The van der Waals surface area contributed by atoms with Crippen molar-refractivity contribution in [3.05, 3.63) is 59.4 Å². The third-order valence-corrected chi connectivity index (χ3v) is 7.25. The van der Waals surface area contributed by atoms with Crippen molar-refractivity contribution < 1.29 is 18.7 Å². The molecule has 1 aliphatic heterocycles. The summed E-state index contributed by atoms with van der Waals surface area (Å²) in [5.41, 5.74) is 2.80. The smallest absolute Gasteiger partial charge is 0.242 e. The zero-order valence-corrected chi connectivity index (χ0v) is 20.4. The fraction of sp³-hybridized carbons (Fsp3) is 0.500. The summed E-state index contributed by atoms with van der Waals surface area (Å²) in [6, 6.07) is 11.6. The molecule has 1 aliphatic carbocycles. The predicted octanol–water partition coefficient (Wildman–Crippen LogP) is 4.55. The summed E-state index contributed by atoms with van der Waals surface area (Å²) in [7, 11) is 1.61. The van der Waals surface area contributed by atoms with E-state index in [2.05, 4.69) is 16.0 Å². The maximum atomic E-state index is 13.7. The second-order valence-corrected chi connectivity index (χ2v) is 9.77. The number of nitrogens with one attached hydrogen (secondary N) is 3. The minimum Gasteiger partial charge on any atom is -0.497 e. The molecule has 0 spiro atoms. The summed E-state index contributed by atoms with van der Waals surface area (Å²) in [4.78, 5) is 26.0. The summed E-state index contributed by atoms with van der Waals surface area (Å²) >= 11 is 0. The zero-order chi connectivity index (χ0) is 24.6. The third-order valence-electron chi connectivity index (χ3n) is 7.25. The number of ether oxygens (including phenoxy) is 1. The Morgan fingerprint density at radius 1 is 1.11 bits per heavy atom. The van der Waals surface area contributed by atoms with Gasteiger partial charge in [0.15, 0.2) is 0 Å². The van der Waals surface area contributed by atoms with Gasteiger partial charge in [0.05, 0.1) is 13.5 Å². The quantitative estimate of drug-likeness (QED) is 0.465. The van der Waals surface area contributed by atoms with E-state index in [0.717, 1.165) is 42.0 Å². The monoisotopic (exact) mass is 481 g/mol. The molecule has 1 saturated carbocycles. The maximum Gasteiger partial charge on any atom is 0.242 e. The fourth-order valence-corrected chi connectivity index (χ4v) is 5.29. The lowest BCUT2D eigenvalue weighted by Gasteiger charge is -2.27. The van der Waals surface area contributed by atoms with E-state index in [9.17, 15) is 14.0 Å². The summed E-state index contributed by atoms with van der Waals surface area (Å²) < 4.78 is 18.9. The number of hydrogen-bond donors (Lipinski definition) is 3. The molecule has 4 rings (SSSR count). The van der Waals surface area contributed by atoms with Crippen LogP contribution in [0.15, 0.2) is 42.5 Å². The first-order chi connectivity index (χ1) is 17.0. The Bertz CT molecular complexity index is 1010. The van der Waals surface area contributed by atoms with Gasteiger partial charge >= 0.3 is 0 Å². The van der Waals surface area contributed by atoms with Gasteiger partial charge < -0.3 is 20.7 Å². The van der Waals surface area contributed by atoms with Crippen LogP contribution in [-0.4, -0.2) is 38.1 Å². The highest BCUT2D eigenvalue weighted by molar-refractivity contribution is 5.88. The molecule has 3 N–H and O–H groups in total. The van der Waals surface area contributed by atoms with Gasteiger partial charge in [-0.2, -0.15) is 0 Å². The number of carbonyl (C=O) groups is 2. The molecule has 7 heteroatoms. The van der Waals surface area contributed by atoms with Gasteiger partial charge in [-0.1, -0.05) is 44.2 Å². The van der Waals surface area contributed by atoms with Crippen molar-refractivity contribution in [3.63, 3.8) is 0 Å². The highest BCUT2D eigenvalue weighted by Gasteiger charge is 2.27. The van der Waals surface area contributed by atoms with E-state index in [1.54, 1.807) is 19.2 Å². The Balaban J connectivity index is 1.33. The minimum absolute atomic E-state index is 0.135. The predicted molar refractivity (Wildman–Crippen MR) is 135 cm³/mol. The molecular weight excluding hydrogens is 445 g/mol. The lowest BCUT2D eigenvalue weighted by molar-refractivity contribution is -0.129. The number of halogens is 1. The van der Waals surface area contributed by atoms with Crippen LogP contribution >= 0.6 is 0 Å². The number of anilines is 1. The Hall–Kier alpha value is -3.09. The molecule has 6 nitrogen and oxygen atoms in total. The van der Waals surface area contributed by atoms with Crippen molar-refractivity contribution in [2.24, 2.45) is 5.92 Å². The van der Waals surface area contributed by atoms with Crippen LogP contribution in [-0.2, 0) is 16.0 Å². The molecule has 188 valence electrons. The molecule has 1 fully saturated rings. The number of fused-ring (bicyclic) bond motifs is 1. The Labute approximate surface area is 207 Å². The molecule has 2 aliphatic rings. The van der Waals surface area contributed by atoms with Crippen LogP contribution in [0.3, 0.4) is 0 Å². The average Bonchev–Trinajstić information content (AvgIpc) is 3.26. The SMILES string of the molecule is COc1ccc(CC(=O)N[C@@H](CC2CCCCC2)C(=O)NCCC2CNc3ccc(F)cc32)cc1. The van der Waals surface area contributed by atoms with E-state index in [1.165, 1.54) is 25.3 Å². The van der Waals surface area contributed by atoms with Crippen LogP contribution < -0.4 is 20.7 Å². The number of amides is 2. The maximum absolute atomic E-state index is 13.7. The van der Waals surface area contributed by atoms with E-state index in [4.69, 9.17) is 4.74 Å². The zero-order valence-electron chi connectivity index (χ0n) is 20.4. The first-order valence-electron chi connectivity index (χ1n) is 12.7. The van der Waals surface area contributed by atoms with Crippen LogP contribution in [0.5, 0.6) is 5.75 Å². The van der Waals surface area contributed by atoms with Gasteiger partial charge in [-0.15, -0.1) is 0 Å². The van der Waals surface area contributed by atoms with Crippen molar-refractivity contribution in [2.75, 3.05) is 25.5 Å². The molecule has 1 heterocycles. The van der Waals surface area contributed by atoms with Crippen molar-refractivity contribution in [3.8, 4) is 5.75 Å². The molecule has 2 aromatic rings. The minimum atomic E-state index is -0.546. The van der Waals surface area contributed by atoms with E-state index in [-0.39, 0.29) is 30.0 Å². The van der Waals surface area contributed by atoms with Gasteiger partial charge in [0.25, 0.3) is 0 Å². The lowest BCUT2D eigenvalue weighted by atomic mass is 9.84. The van der Waals surface area contributed by atoms with Crippen molar-refractivity contribution >= 4 is 17.5 Å². The van der Waals surface area contributed by atoms with Crippen LogP contribution in [0.1, 0.15) is 62.0 Å². The van der Waals surface area contributed by atoms with Crippen LogP contribution in [0, 0.1) is 11.7 Å². The lowest BCUT2D eigenvalue weighted by Crippen LogP contribution is -2.48. The van der Waals surface area contributed by atoms with Gasteiger partial charge in [-0.3, -0.25) is 9.59 Å². The van der Waals surface area contributed by atoms with Gasteiger partial charge in [-0.25, -0.2) is 4.39 Å². The van der Waals surface area contributed by atoms with Crippen molar-refractivity contribution in [1.29, 1.82) is 0 Å². The molecule has 0 aromatic heterocycles. The topological polar surface area (TPSA) is 79.5 Å². The molecule has 0 saturated heterocycles. The van der Waals surface area contributed by atoms with Crippen molar-refractivity contribution in [1.82, 2.24) is 10.6 Å². The third kappa shape index (κ3) is 6.96. The molecular formula is C28H36FN3O3. The number of rotatable bonds is 10. The van der Waals surface area contributed by atoms with Gasteiger partial charge in [0.1, 0.15) is 17.6 Å². The van der Waals surface area contributed by atoms with Gasteiger partial charge in [-0.05, 0) is 60.2 Å². The van der Waals surface area contributed by atoms with Crippen LogP contribution in [0.2, 0.25) is 0 Å². The summed E-state index contributed by atoms with van der Waals surface area (Å²) in [6.07, 6.45) is 7.42. The van der Waals surface area contributed by atoms with Gasteiger partial charge in [0, 0.05) is 24.7 Å². The Morgan fingerprint density at radius 3 is 2.63 bits per heavy atom. The molecule has 0 radical (unpaired) electrons. The van der Waals surface area contributed by atoms with Crippen LogP contribution in [0.25, 0.3) is 0 Å². The van der Waals surface area contributed by atoms with Crippen molar-refractivity contribution in [2.45, 2.75) is 63.3 Å². The molecule has 1 unspecified atom stereocenters. The Morgan fingerprint density at radius 2 is 1.89 bits per heavy atom. The molecule has 2 amide bonds. The number of methoxy groups -OCH3 is 1. The number of carbonyl (C=O) groups excluding carboxylic acids is 2. The summed E-state index contributed by atoms with van der Waals surface area (Å²) in [5.74, 6) is 0.817. The van der Waals surface area contributed by atoms with E-state index >= 15 is 0 Å². The van der Waals surface area contributed by atoms with Crippen LogP contribution in [0.4, 0.5) is 10.1 Å². The van der Waals surface area contributed by atoms with E-state index < -0.39 is 6.04 Å².